The number of nitrogens with one attached hydrogen (secondary N) is 1. The van der Waals surface area contributed by atoms with Crippen LogP contribution in [0.15, 0.2) is 21.9 Å². The summed E-state index contributed by atoms with van der Waals surface area (Å²) in [6.07, 6.45) is 7.38. The summed E-state index contributed by atoms with van der Waals surface area (Å²) in [6.45, 7) is 3.71. The minimum Gasteiger partial charge on any atom is -0.469 e. The molecule has 24 heavy (non-hydrogen) atoms. The summed E-state index contributed by atoms with van der Waals surface area (Å²) in [4.78, 5) is 12.4. The van der Waals surface area contributed by atoms with Gasteiger partial charge in [-0.1, -0.05) is 31.0 Å². The smallest absolute Gasteiger partial charge is 0.233 e. The number of nitrogens with zero attached hydrogens (tertiary/aromatic N) is 3. The van der Waals surface area contributed by atoms with E-state index in [0.717, 1.165) is 24.2 Å². The highest BCUT2D eigenvalue weighted by molar-refractivity contribution is 8.00. The van der Waals surface area contributed by atoms with Crippen molar-refractivity contribution >= 4 is 17.7 Å². The highest BCUT2D eigenvalue weighted by Gasteiger charge is 2.23. The lowest BCUT2D eigenvalue weighted by atomic mass is 9.95. The van der Waals surface area contributed by atoms with Crippen molar-refractivity contribution < 1.29 is 9.21 Å². The van der Waals surface area contributed by atoms with Gasteiger partial charge in [0.25, 0.3) is 0 Å². The van der Waals surface area contributed by atoms with E-state index in [1.165, 1.54) is 35.7 Å². The van der Waals surface area contributed by atoms with Gasteiger partial charge in [0, 0.05) is 6.04 Å². The number of aromatic nitrogens is 3. The second-order valence-electron chi connectivity index (χ2n) is 6.17. The molecular formula is C16H23N5O2S. The van der Waals surface area contributed by atoms with Crippen LogP contribution in [-0.2, 0) is 4.79 Å². The molecule has 7 nitrogen and oxygen atoms in total. The average molecular weight is 349 g/mol. The van der Waals surface area contributed by atoms with Crippen molar-refractivity contribution in [2.45, 2.75) is 62.4 Å². The number of furan rings is 1. The maximum absolute atomic E-state index is 12.4. The third-order valence-corrected chi connectivity index (χ3v) is 5.42. The predicted octanol–water partition coefficient (Wildman–Crippen LogP) is 2.49. The van der Waals surface area contributed by atoms with Crippen molar-refractivity contribution in [1.82, 2.24) is 20.2 Å². The molecule has 1 atom stereocenters. The Kier molecular flexibility index (Phi) is 5.13. The lowest BCUT2D eigenvalue weighted by Gasteiger charge is -2.24. The second kappa shape index (κ2) is 7.29. The maximum atomic E-state index is 12.4. The minimum atomic E-state index is -0.281. The maximum Gasteiger partial charge on any atom is 0.233 e. The highest BCUT2D eigenvalue weighted by atomic mass is 32.2. The molecular weight excluding hydrogens is 326 g/mol. The monoisotopic (exact) mass is 349 g/mol. The molecule has 2 aromatic heterocycles. The van der Waals surface area contributed by atoms with E-state index < -0.39 is 0 Å². The van der Waals surface area contributed by atoms with E-state index in [-0.39, 0.29) is 11.2 Å². The molecule has 1 fully saturated rings. The van der Waals surface area contributed by atoms with Crippen molar-refractivity contribution in [2.75, 3.05) is 5.84 Å². The summed E-state index contributed by atoms with van der Waals surface area (Å²) < 4.78 is 6.69. The van der Waals surface area contributed by atoms with E-state index >= 15 is 0 Å². The Balaban J connectivity index is 1.64. The third-order valence-electron chi connectivity index (χ3n) is 4.37. The molecule has 130 valence electrons. The van der Waals surface area contributed by atoms with Gasteiger partial charge in [-0.15, -0.1) is 10.2 Å². The van der Waals surface area contributed by atoms with E-state index in [1.54, 1.807) is 12.3 Å². The van der Waals surface area contributed by atoms with Crippen LogP contribution < -0.4 is 11.2 Å². The van der Waals surface area contributed by atoms with E-state index in [4.69, 9.17) is 10.3 Å². The van der Waals surface area contributed by atoms with Crippen LogP contribution in [0.2, 0.25) is 0 Å². The van der Waals surface area contributed by atoms with Gasteiger partial charge in [0.2, 0.25) is 11.1 Å². The normalized spacial score (nSPS) is 16.9. The Morgan fingerprint density at radius 3 is 2.83 bits per heavy atom. The summed E-state index contributed by atoms with van der Waals surface area (Å²) in [6, 6.07) is 2.10. The highest BCUT2D eigenvalue weighted by Crippen LogP contribution is 2.27. The van der Waals surface area contributed by atoms with E-state index in [2.05, 4.69) is 15.5 Å². The molecule has 0 aromatic carbocycles. The van der Waals surface area contributed by atoms with Crippen LogP contribution in [0.4, 0.5) is 0 Å². The summed E-state index contributed by atoms with van der Waals surface area (Å²) in [5.41, 5.74) is 0.802. The first-order valence-corrected chi connectivity index (χ1v) is 9.16. The Hall–Kier alpha value is -1.96. The molecule has 3 rings (SSSR count). The van der Waals surface area contributed by atoms with Gasteiger partial charge in [-0.25, -0.2) is 4.68 Å². The molecule has 1 aliphatic carbocycles. The van der Waals surface area contributed by atoms with Crippen molar-refractivity contribution in [3.05, 3.63) is 18.1 Å². The summed E-state index contributed by atoms with van der Waals surface area (Å²) in [5.74, 6) is 7.38. The molecule has 0 saturated heterocycles. The van der Waals surface area contributed by atoms with Gasteiger partial charge >= 0.3 is 0 Å². The Morgan fingerprint density at radius 2 is 2.17 bits per heavy atom. The molecule has 2 aromatic rings. The molecule has 0 spiro atoms. The molecule has 1 saturated carbocycles. The number of thioether (sulfide) groups is 1. The summed E-state index contributed by atoms with van der Waals surface area (Å²) in [7, 11) is 0. The molecule has 0 aliphatic heterocycles. The quantitative estimate of drug-likeness (QED) is 0.635. The third kappa shape index (κ3) is 3.58. The average Bonchev–Trinajstić information content (AvgIpc) is 3.14. The van der Waals surface area contributed by atoms with Crippen LogP contribution in [0.1, 0.15) is 44.8 Å². The number of nitrogen functional groups attached to an aromatic ring is 1. The van der Waals surface area contributed by atoms with Crippen LogP contribution >= 0.6 is 11.8 Å². The van der Waals surface area contributed by atoms with Gasteiger partial charge in [-0.05, 0) is 32.8 Å². The lowest BCUT2D eigenvalue weighted by molar-refractivity contribution is -0.121. The van der Waals surface area contributed by atoms with Gasteiger partial charge in [0.1, 0.15) is 5.76 Å². The van der Waals surface area contributed by atoms with Gasteiger partial charge in [0.05, 0.1) is 17.1 Å². The Bertz CT molecular complexity index is 705. The fourth-order valence-corrected chi connectivity index (χ4v) is 3.71. The van der Waals surface area contributed by atoms with Crippen molar-refractivity contribution in [3.8, 4) is 11.4 Å². The van der Waals surface area contributed by atoms with Gasteiger partial charge in [-0.3, -0.25) is 4.79 Å². The molecule has 8 heteroatoms. The number of hydrogen-bond acceptors (Lipinski definition) is 6. The first kappa shape index (κ1) is 16.9. The number of aryl methyl sites for hydroxylation is 1. The van der Waals surface area contributed by atoms with Crippen molar-refractivity contribution in [1.29, 1.82) is 0 Å². The number of carbonyl (C=O) groups is 1. The van der Waals surface area contributed by atoms with Gasteiger partial charge in [0.15, 0.2) is 5.82 Å². The van der Waals surface area contributed by atoms with Crippen LogP contribution in [0.3, 0.4) is 0 Å². The first-order valence-electron chi connectivity index (χ1n) is 8.28. The SMILES string of the molecule is Cc1occc1-c1nnc(SC(C)C(=O)NC2CCCCC2)n1N. The number of rotatable bonds is 5. The second-order valence-corrected chi connectivity index (χ2v) is 7.48. The fraction of sp³-hybridized carbons (Fsp3) is 0.562. The Labute approximate surface area is 145 Å². The molecule has 1 unspecified atom stereocenters. The van der Waals surface area contributed by atoms with E-state index in [9.17, 15) is 4.79 Å². The van der Waals surface area contributed by atoms with Crippen LogP contribution in [0, 0.1) is 6.92 Å². The summed E-state index contributed by atoms with van der Waals surface area (Å²) >= 11 is 1.31. The first-order chi connectivity index (χ1) is 11.6. The zero-order valence-corrected chi connectivity index (χ0v) is 14.8. The van der Waals surface area contributed by atoms with Crippen LogP contribution in [-0.4, -0.2) is 32.1 Å². The number of nitrogens with two attached hydrogens (primary N) is 1. The zero-order chi connectivity index (χ0) is 17.1. The topological polar surface area (TPSA) is 99.0 Å². The van der Waals surface area contributed by atoms with Gasteiger partial charge < -0.3 is 15.6 Å². The largest absolute Gasteiger partial charge is 0.469 e. The fourth-order valence-electron chi connectivity index (χ4n) is 2.94. The zero-order valence-electron chi connectivity index (χ0n) is 14.0. The number of hydrogen-bond donors (Lipinski definition) is 2. The van der Waals surface area contributed by atoms with Crippen molar-refractivity contribution in [2.24, 2.45) is 0 Å². The standard InChI is InChI=1S/C16H23N5O2S/c1-10-13(8-9-23-10)14-19-20-16(21(14)17)24-11(2)15(22)18-12-6-4-3-5-7-12/h8-9,11-12H,3-7,17H2,1-2H3,(H,18,22). The molecule has 0 bridgehead atoms. The van der Waals surface area contributed by atoms with Gasteiger partial charge in [-0.2, -0.15) is 0 Å². The van der Waals surface area contributed by atoms with Crippen LogP contribution in [0.25, 0.3) is 11.4 Å². The molecule has 0 radical (unpaired) electrons. The minimum absolute atomic E-state index is 0.0240. The van der Waals surface area contributed by atoms with Crippen LogP contribution in [0.5, 0.6) is 0 Å². The molecule has 1 aliphatic rings. The molecule has 1 amide bonds. The number of amides is 1. The molecule has 2 heterocycles. The van der Waals surface area contributed by atoms with E-state index in [1.807, 2.05) is 13.8 Å². The van der Waals surface area contributed by atoms with Crippen molar-refractivity contribution in [3.63, 3.8) is 0 Å². The summed E-state index contributed by atoms with van der Waals surface area (Å²) in [5, 5.41) is 11.6. The lowest BCUT2D eigenvalue weighted by Crippen LogP contribution is -2.40. The Morgan fingerprint density at radius 1 is 1.42 bits per heavy atom. The number of carbonyl (C=O) groups excluding carboxylic acids is 1. The van der Waals surface area contributed by atoms with E-state index in [0.29, 0.717) is 17.0 Å². The predicted molar refractivity (Wildman–Crippen MR) is 92.9 cm³/mol. The molecule has 3 N–H and O–H groups in total.